The lowest BCUT2D eigenvalue weighted by atomic mass is 10.1. The monoisotopic (exact) mass is 343 g/mol. The minimum atomic E-state index is -0.222. The van der Waals surface area contributed by atoms with E-state index in [-0.39, 0.29) is 18.1 Å². The van der Waals surface area contributed by atoms with Crippen molar-refractivity contribution in [2.45, 2.75) is 46.1 Å². The minimum absolute atomic E-state index is 0.222. The predicted molar refractivity (Wildman–Crippen MR) is 94.1 cm³/mol. The van der Waals surface area contributed by atoms with Crippen LogP contribution in [0, 0.1) is 6.92 Å². The van der Waals surface area contributed by atoms with E-state index >= 15 is 0 Å². The number of hydrogen-bond donors (Lipinski definition) is 1. The van der Waals surface area contributed by atoms with E-state index < -0.39 is 0 Å². The van der Waals surface area contributed by atoms with E-state index in [1.807, 2.05) is 12.1 Å². The number of aryl methyl sites for hydroxylation is 1. The Morgan fingerprint density at radius 1 is 1.24 bits per heavy atom. The number of amides is 1. The van der Waals surface area contributed by atoms with Gasteiger partial charge >= 0.3 is 0 Å². The van der Waals surface area contributed by atoms with Crippen LogP contribution in [0.5, 0.6) is 0 Å². The van der Waals surface area contributed by atoms with Gasteiger partial charge in [-0.3, -0.25) is 9.69 Å². The lowest BCUT2D eigenvalue weighted by Crippen LogP contribution is -2.45. The number of rotatable bonds is 5. The first-order valence-corrected chi connectivity index (χ1v) is 8.67. The molecule has 0 saturated carbocycles. The van der Waals surface area contributed by atoms with E-state index in [9.17, 15) is 4.79 Å². The highest BCUT2D eigenvalue weighted by Crippen LogP contribution is 2.17. The summed E-state index contributed by atoms with van der Waals surface area (Å²) in [6.45, 7) is 9.14. The Morgan fingerprint density at radius 2 is 1.92 bits per heavy atom. The Balaban J connectivity index is 1.63. The highest BCUT2D eigenvalue weighted by Gasteiger charge is 2.22. The number of morpholine rings is 1. The Bertz CT molecular complexity index is 718. The minimum Gasteiger partial charge on any atom is -0.373 e. The van der Waals surface area contributed by atoms with Crippen molar-refractivity contribution in [3.63, 3.8) is 0 Å². The average molecular weight is 343 g/mol. The molecule has 0 aliphatic carbocycles. The number of benzene rings is 1. The number of nitrogens with one attached hydrogen (secondary N) is 1. The van der Waals surface area contributed by atoms with Crippen molar-refractivity contribution in [3.8, 4) is 0 Å². The van der Waals surface area contributed by atoms with Gasteiger partial charge in [-0.05, 0) is 31.9 Å². The molecule has 2 unspecified atom stereocenters. The van der Waals surface area contributed by atoms with Crippen molar-refractivity contribution < 1.29 is 14.1 Å². The SMILES string of the molecule is Cc1cc(C(=O)NCc2ccccc2CN2CC(C)OC(C)C2)no1. The number of hydrogen-bond acceptors (Lipinski definition) is 5. The van der Waals surface area contributed by atoms with E-state index in [0.717, 1.165) is 25.2 Å². The van der Waals surface area contributed by atoms with Gasteiger partial charge in [0.15, 0.2) is 5.69 Å². The number of carbonyl (C=O) groups is 1. The zero-order valence-electron chi connectivity index (χ0n) is 15.0. The lowest BCUT2D eigenvalue weighted by molar-refractivity contribution is -0.0705. The average Bonchev–Trinajstić information content (AvgIpc) is 2.99. The van der Waals surface area contributed by atoms with Crippen LogP contribution in [0.25, 0.3) is 0 Å². The van der Waals surface area contributed by atoms with Crippen LogP contribution < -0.4 is 5.32 Å². The number of aromatic nitrogens is 1. The Hall–Kier alpha value is -2.18. The highest BCUT2D eigenvalue weighted by molar-refractivity contribution is 5.92. The van der Waals surface area contributed by atoms with Crippen molar-refractivity contribution in [3.05, 3.63) is 52.9 Å². The molecule has 1 fully saturated rings. The molecule has 0 spiro atoms. The second-order valence-corrected chi connectivity index (χ2v) is 6.73. The maximum absolute atomic E-state index is 12.2. The second kappa shape index (κ2) is 7.80. The molecule has 1 aromatic heterocycles. The predicted octanol–water partition coefficient (Wildman–Crippen LogP) is 2.52. The summed E-state index contributed by atoms with van der Waals surface area (Å²) in [7, 11) is 0. The maximum Gasteiger partial charge on any atom is 0.273 e. The Kier molecular flexibility index (Phi) is 5.50. The third-order valence-corrected chi connectivity index (χ3v) is 4.31. The van der Waals surface area contributed by atoms with Crippen molar-refractivity contribution in [1.29, 1.82) is 0 Å². The molecule has 6 heteroatoms. The first-order valence-electron chi connectivity index (χ1n) is 8.67. The van der Waals surface area contributed by atoms with Crippen LogP contribution in [-0.2, 0) is 17.8 Å². The second-order valence-electron chi connectivity index (χ2n) is 6.73. The summed E-state index contributed by atoms with van der Waals surface area (Å²) in [6, 6.07) is 9.84. The molecular formula is C19H25N3O3. The van der Waals surface area contributed by atoms with Gasteiger partial charge in [-0.1, -0.05) is 29.4 Å². The zero-order chi connectivity index (χ0) is 17.8. The molecule has 2 atom stereocenters. The van der Waals surface area contributed by atoms with E-state index in [4.69, 9.17) is 9.26 Å². The fourth-order valence-corrected chi connectivity index (χ4v) is 3.28. The topological polar surface area (TPSA) is 67.6 Å². The molecule has 2 heterocycles. The lowest BCUT2D eigenvalue weighted by Gasteiger charge is -2.35. The van der Waals surface area contributed by atoms with Gasteiger partial charge in [0.05, 0.1) is 12.2 Å². The summed E-state index contributed by atoms with van der Waals surface area (Å²) < 4.78 is 10.8. The van der Waals surface area contributed by atoms with E-state index in [1.165, 1.54) is 5.56 Å². The van der Waals surface area contributed by atoms with Crippen LogP contribution in [0.3, 0.4) is 0 Å². The van der Waals surface area contributed by atoms with Gasteiger partial charge in [0.2, 0.25) is 0 Å². The van der Waals surface area contributed by atoms with E-state index in [1.54, 1.807) is 13.0 Å². The van der Waals surface area contributed by atoms with E-state index in [0.29, 0.717) is 18.0 Å². The number of ether oxygens (including phenoxy) is 1. The van der Waals surface area contributed by atoms with E-state index in [2.05, 4.69) is 41.4 Å². The van der Waals surface area contributed by atoms with Gasteiger partial charge < -0.3 is 14.6 Å². The molecule has 3 rings (SSSR count). The Morgan fingerprint density at radius 3 is 2.56 bits per heavy atom. The van der Waals surface area contributed by atoms with Crippen LogP contribution in [0.15, 0.2) is 34.9 Å². The molecular weight excluding hydrogens is 318 g/mol. The molecule has 2 aromatic rings. The normalized spacial score (nSPS) is 21.2. The Labute approximate surface area is 148 Å². The molecule has 0 bridgehead atoms. The third kappa shape index (κ3) is 4.67. The third-order valence-electron chi connectivity index (χ3n) is 4.31. The molecule has 1 aliphatic rings. The molecule has 1 amide bonds. The van der Waals surface area contributed by atoms with Crippen molar-refractivity contribution in [1.82, 2.24) is 15.4 Å². The zero-order valence-corrected chi connectivity index (χ0v) is 15.0. The molecule has 0 radical (unpaired) electrons. The quantitative estimate of drug-likeness (QED) is 0.903. The number of carbonyl (C=O) groups excluding carboxylic acids is 1. The first kappa shape index (κ1) is 17.6. The molecule has 134 valence electrons. The van der Waals surface area contributed by atoms with Crippen molar-refractivity contribution in [2.75, 3.05) is 13.1 Å². The van der Waals surface area contributed by atoms with Crippen molar-refractivity contribution in [2.24, 2.45) is 0 Å². The summed E-state index contributed by atoms with van der Waals surface area (Å²) >= 11 is 0. The van der Waals surface area contributed by atoms with Gasteiger partial charge in [-0.2, -0.15) is 0 Å². The smallest absolute Gasteiger partial charge is 0.273 e. The van der Waals surface area contributed by atoms with Gasteiger partial charge in [-0.25, -0.2) is 0 Å². The molecule has 1 saturated heterocycles. The van der Waals surface area contributed by atoms with Crippen LogP contribution >= 0.6 is 0 Å². The summed E-state index contributed by atoms with van der Waals surface area (Å²) in [4.78, 5) is 14.6. The van der Waals surface area contributed by atoms with Crippen LogP contribution in [0.2, 0.25) is 0 Å². The van der Waals surface area contributed by atoms with Gasteiger partial charge in [0.25, 0.3) is 5.91 Å². The van der Waals surface area contributed by atoms with Crippen LogP contribution in [0.1, 0.15) is 41.2 Å². The summed E-state index contributed by atoms with van der Waals surface area (Å²) in [5.41, 5.74) is 2.65. The fourth-order valence-electron chi connectivity index (χ4n) is 3.28. The molecule has 1 aliphatic heterocycles. The summed E-state index contributed by atoms with van der Waals surface area (Å²) in [6.07, 6.45) is 0.483. The fraction of sp³-hybridized carbons (Fsp3) is 0.474. The molecule has 25 heavy (non-hydrogen) atoms. The first-order chi connectivity index (χ1) is 12.0. The summed E-state index contributed by atoms with van der Waals surface area (Å²) in [5, 5.41) is 6.67. The van der Waals surface area contributed by atoms with Gasteiger partial charge in [0, 0.05) is 32.2 Å². The standard InChI is InChI=1S/C19H25N3O3/c1-13-8-18(21-25-13)19(23)20-9-16-6-4-5-7-17(16)12-22-10-14(2)24-15(3)11-22/h4-8,14-15H,9-12H2,1-3H3,(H,20,23). The molecule has 6 nitrogen and oxygen atoms in total. The van der Waals surface area contributed by atoms with Crippen molar-refractivity contribution >= 4 is 5.91 Å². The van der Waals surface area contributed by atoms with Gasteiger partial charge in [0.1, 0.15) is 5.76 Å². The van der Waals surface area contributed by atoms with Crippen LogP contribution in [0.4, 0.5) is 0 Å². The molecule has 1 N–H and O–H groups in total. The maximum atomic E-state index is 12.2. The van der Waals surface area contributed by atoms with Gasteiger partial charge in [-0.15, -0.1) is 0 Å². The summed E-state index contributed by atoms with van der Waals surface area (Å²) in [5.74, 6) is 0.404. The number of nitrogens with zero attached hydrogens (tertiary/aromatic N) is 2. The molecule has 1 aromatic carbocycles. The largest absolute Gasteiger partial charge is 0.373 e. The highest BCUT2D eigenvalue weighted by atomic mass is 16.5. The van der Waals surface area contributed by atoms with Crippen LogP contribution in [-0.4, -0.2) is 41.3 Å².